The van der Waals surface area contributed by atoms with Crippen molar-refractivity contribution in [2.24, 2.45) is 0 Å². The molecule has 0 bridgehead atoms. The molecule has 186 valence electrons. The van der Waals surface area contributed by atoms with E-state index in [1.807, 2.05) is 37.3 Å². The van der Waals surface area contributed by atoms with Gasteiger partial charge in [-0.1, -0.05) is 18.2 Å². The fraction of sp³-hybridized carbons (Fsp3) is 0.481. The summed E-state index contributed by atoms with van der Waals surface area (Å²) in [6.45, 7) is 5.93. The summed E-state index contributed by atoms with van der Waals surface area (Å²) in [6.07, 6.45) is 6.97. The second-order valence-corrected chi connectivity index (χ2v) is 9.51. The van der Waals surface area contributed by atoms with Crippen molar-refractivity contribution in [3.63, 3.8) is 0 Å². The zero-order valence-electron chi connectivity index (χ0n) is 20.2. The van der Waals surface area contributed by atoms with E-state index >= 15 is 0 Å². The molecule has 2 saturated heterocycles. The first-order valence-corrected chi connectivity index (χ1v) is 12.2. The predicted octanol–water partition coefficient (Wildman–Crippen LogP) is 2.29. The van der Waals surface area contributed by atoms with E-state index in [2.05, 4.69) is 4.90 Å². The number of Topliss-reactive ketones (excluding diaryl/α,β-unsaturated/α-hetero) is 1. The maximum atomic E-state index is 13.3. The maximum absolute atomic E-state index is 13.3. The first-order chi connectivity index (χ1) is 17.0. The van der Waals surface area contributed by atoms with Gasteiger partial charge in [0.25, 0.3) is 11.7 Å². The minimum absolute atomic E-state index is 0.0679. The van der Waals surface area contributed by atoms with Gasteiger partial charge in [0.1, 0.15) is 17.6 Å². The van der Waals surface area contributed by atoms with Gasteiger partial charge in [0, 0.05) is 51.7 Å². The third kappa shape index (κ3) is 4.66. The van der Waals surface area contributed by atoms with Crippen LogP contribution in [0.25, 0.3) is 5.76 Å². The van der Waals surface area contributed by atoms with Gasteiger partial charge in [-0.15, -0.1) is 0 Å². The van der Waals surface area contributed by atoms with Crippen LogP contribution in [-0.2, 0) is 25.5 Å². The van der Waals surface area contributed by atoms with Crippen LogP contribution in [0.1, 0.15) is 24.5 Å². The molecule has 5 rings (SSSR count). The largest absolute Gasteiger partial charge is 0.507 e. The van der Waals surface area contributed by atoms with Gasteiger partial charge in [-0.2, -0.15) is 0 Å². The summed E-state index contributed by atoms with van der Waals surface area (Å²) in [5, 5.41) is 11.4. The fourth-order valence-electron chi connectivity index (χ4n) is 5.33. The average molecular weight is 481 g/mol. The van der Waals surface area contributed by atoms with Crippen LogP contribution in [0.5, 0.6) is 5.75 Å². The molecular weight excluding hydrogens is 448 g/mol. The Hall–Kier alpha value is -2.94. The van der Waals surface area contributed by atoms with Crippen LogP contribution in [0.2, 0.25) is 0 Å². The lowest BCUT2D eigenvalue weighted by atomic mass is 9.89. The highest BCUT2D eigenvalue weighted by Crippen LogP contribution is 2.37. The van der Waals surface area contributed by atoms with Crippen LogP contribution < -0.4 is 4.74 Å². The Bertz CT molecular complexity index is 1100. The summed E-state index contributed by atoms with van der Waals surface area (Å²) in [4.78, 5) is 30.4. The standard InChI is InChI=1S/C27H32N2O6/c1-17-14-20-15-19(6-7-22(20)35-17)25(30)23-24(18-4-3-5-21(16-18)33-2)29(27(32)26(23)31)9-8-28-10-12-34-13-11-28/h3-7,15,17,21,24,30H,8-14,16H2,1-2H3/t17-,21-,24+/m0/s1. The van der Waals surface area contributed by atoms with Crippen LogP contribution in [0.3, 0.4) is 0 Å². The summed E-state index contributed by atoms with van der Waals surface area (Å²) in [7, 11) is 1.64. The molecule has 3 atom stereocenters. The Morgan fingerprint density at radius 2 is 1.97 bits per heavy atom. The Kier molecular flexibility index (Phi) is 6.77. The Balaban J connectivity index is 1.51. The number of aliphatic hydroxyl groups excluding tert-OH is 1. The SMILES string of the molecule is CO[C@H]1C=CC=C([C@@H]2C(=C(O)c3ccc4c(c3)C[C@H](C)O4)C(=O)C(=O)N2CCN2CCOCC2)C1. The van der Waals surface area contributed by atoms with Crippen molar-refractivity contribution in [2.75, 3.05) is 46.5 Å². The van der Waals surface area contributed by atoms with Crippen molar-refractivity contribution in [3.05, 3.63) is 58.7 Å². The van der Waals surface area contributed by atoms with E-state index in [4.69, 9.17) is 14.2 Å². The third-order valence-electron chi connectivity index (χ3n) is 7.20. The molecule has 8 nitrogen and oxygen atoms in total. The molecule has 1 aliphatic carbocycles. The van der Waals surface area contributed by atoms with E-state index < -0.39 is 17.7 Å². The summed E-state index contributed by atoms with van der Waals surface area (Å²) < 4.78 is 16.7. The average Bonchev–Trinajstić information content (AvgIpc) is 3.38. The van der Waals surface area contributed by atoms with Gasteiger partial charge in [0.15, 0.2) is 0 Å². The Morgan fingerprint density at radius 3 is 2.74 bits per heavy atom. The molecule has 35 heavy (non-hydrogen) atoms. The highest BCUT2D eigenvalue weighted by molar-refractivity contribution is 6.47. The zero-order valence-corrected chi connectivity index (χ0v) is 20.2. The number of morpholine rings is 1. The minimum Gasteiger partial charge on any atom is -0.507 e. The molecular formula is C27H32N2O6. The molecule has 2 fully saturated rings. The lowest BCUT2D eigenvalue weighted by Gasteiger charge is -2.32. The number of hydrogen-bond donors (Lipinski definition) is 1. The monoisotopic (exact) mass is 480 g/mol. The molecule has 1 amide bonds. The molecule has 4 aliphatic rings. The van der Waals surface area contributed by atoms with E-state index in [0.29, 0.717) is 38.3 Å². The normalized spacial score (nSPS) is 28.2. The van der Waals surface area contributed by atoms with Gasteiger partial charge >= 0.3 is 0 Å². The molecule has 1 aromatic carbocycles. The summed E-state index contributed by atoms with van der Waals surface area (Å²) in [6, 6.07) is 4.79. The fourth-order valence-corrected chi connectivity index (χ4v) is 5.33. The minimum atomic E-state index is -0.649. The summed E-state index contributed by atoms with van der Waals surface area (Å²) in [5.74, 6) is -0.579. The number of hydrogen-bond acceptors (Lipinski definition) is 7. The number of ether oxygens (including phenoxy) is 3. The van der Waals surface area contributed by atoms with Crippen molar-refractivity contribution < 1.29 is 28.9 Å². The number of aliphatic hydroxyl groups is 1. The number of allylic oxidation sites excluding steroid dienone is 2. The van der Waals surface area contributed by atoms with Crippen LogP contribution in [0.4, 0.5) is 0 Å². The number of fused-ring (bicyclic) bond motifs is 1. The zero-order chi connectivity index (χ0) is 24.5. The molecule has 1 N–H and O–H groups in total. The van der Waals surface area contributed by atoms with Gasteiger partial charge in [-0.3, -0.25) is 14.5 Å². The van der Waals surface area contributed by atoms with Crippen LogP contribution in [0.15, 0.2) is 47.6 Å². The number of nitrogens with zero attached hydrogens (tertiary/aromatic N) is 2. The molecule has 0 radical (unpaired) electrons. The Labute approximate surface area is 205 Å². The predicted molar refractivity (Wildman–Crippen MR) is 130 cm³/mol. The number of benzene rings is 1. The van der Waals surface area contributed by atoms with Gasteiger partial charge in [-0.05, 0) is 36.3 Å². The van der Waals surface area contributed by atoms with Gasteiger partial charge in [0.2, 0.25) is 0 Å². The number of amides is 1. The van der Waals surface area contributed by atoms with Gasteiger partial charge in [-0.25, -0.2) is 0 Å². The maximum Gasteiger partial charge on any atom is 0.295 e. The first-order valence-electron chi connectivity index (χ1n) is 12.2. The van der Waals surface area contributed by atoms with Crippen molar-refractivity contribution in [1.29, 1.82) is 0 Å². The van der Waals surface area contributed by atoms with Crippen LogP contribution in [0, 0.1) is 0 Å². The number of carbonyl (C=O) groups excluding carboxylic acids is 2. The van der Waals surface area contributed by atoms with E-state index in [9.17, 15) is 14.7 Å². The highest BCUT2D eigenvalue weighted by atomic mass is 16.5. The van der Waals surface area contributed by atoms with Crippen molar-refractivity contribution >= 4 is 17.4 Å². The molecule has 8 heteroatoms. The van der Waals surface area contributed by atoms with Gasteiger partial charge < -0.3 is 24.2 Å². The molecule has 3 heterocycles. The summed E-state index contributed by atoms with van der Waals surface area (Å²) >= 11 is 0. The lowest BCUT2D eigenvalue weighted by molar-refractivity contribution is -0.139. The lowest BCUT2D eigenvalue weighted by Crippen LogP contribution is -2.45. The second-order valence-electron chi connectivity index (χ2n) is 9.51. The van der Waals surface area contributed by atoms with Crippen molar-refractivity contribution in [1.82, 2.24) is 9.80 Å². The quantitative estimate of drug-likeness (QED) is 0.380. The Morgan fingerprint density at radius 1 is 1.17 bits per heavy atom. The second kappa shape index (κ2) is 9.97. The van der Waals surface area contributed by atoms with Gasteiger partial charge in [0.05, 0.1) is 30.9 Å². The molecule has 3 aliphatic heterocycles. The van der Waals surface area contributed by atoms with Crippen molar-refractivity contribution in [3.8, 4) is 5.75 Å². The molecule has 0 unspecified atom stereocenters. The molecule has 0 saturated carbocycles. The summed E-state index contributed by atoms with van der Waals surface area (Å²) in [5.41, 5.74) is 2.52. The van der Waals surface area contributed by atoms with E-state index in [0.717, 1.165) is 36.4 Å². The third-order valence-corrected chi connectivity index (χ3v) is 7.20. The highest BCUT2D eigenvalue weighted by Gasteiger charge is 2.47. The number of likely N-dealkylation sites (tertiary alicyclic amines) is 1. The van der Waals surface area contributed by atoms with Crippen LogP contribution >= 0.6 is 0 Å². The molecule has 1 aromatic rings. The molecule has 0 spiro atoms. The smallest absolute Gasteiger partial charge is 0.295 e. The van der Waals surface area contributed by atoms with Crippen LogP contribution in [-0.4, -0.2) is 91.3 Å². The number of ketones is 1. The number of carbonyl (C=O) groups is 2. The van der Waals surface area contributed by atoms with Crippen molar-refractivity contribution in [2.45, 2.75) is 38.0 Å². The van der Waals surface area contributed by atoms with E-state index in [1.165, 1.54) is 0 Å². The topological polar surface area (TPSA) is 88.5 Å². The first kappa shape index (κ1) is 23.8. The van der Waals surface area contributed by atoms with E-state index in [1.54, 1.807) is 18.1 Å². The number of rotatable bonds is 6. The molecule has 0 aromatic heterocycles. The number of methoxy groups -OCH3 is 1. The van der Waals surface area contributed by atoms with E-state index in [-0.39, 0.29) is 23.5 Å².